The first-order valence-electron chi connectivity index (χ1n) is 16.4. The van der Waals surface area contributed by atoms with Crippen molar-refractivity contribution in [2.24, 2.45) is 0 Å². The van der Waals surface area contributed by atoms with E-state index < -0.39 is 0 Å². The summed E-state index contributed by atoms with van der Waals surface area (Å²) in [6, 6.07) is 14.1. The number of benzene rings is 2. The first kappa shape index (κ1) is 32.0. The lowest BCUT2D eigenvalue weighted by atomic mass is 10.00. The molecular weight excluding hydrogens is 516 g/mol. The smallest absolute Gasteiger partial charge is 0.0805 e. The van der Waals surface area contributed by atoms with Crippen molar-refractivity contribution in [2.45, 2.75) is 93.2 Å². The Bertz CT molecular complexity index is 1350. The van der Waals surface area contributed by atoms with Crippen LogP contribution < -0.4 is 10.6 Å². The number of rotatable bonds is 16. The van der Waals surface area contributed by atoms with Gasteiger partial charge in [-0.3, -0.25) is 9.97 Å². The van der Waals surface area contributed by atoms with Crippen molar-refractivity contribution in [3.8, 4) is 0 Å². The summed E-state index contributed by atoms with van der Waals surface area (Å²) in [5.41, 5.74) is 6.52. The molecule has 228 valence electrons. The normalized spacial score (nSPS) is 13.5. The second-order valence-electron chi connectivity index (χ2n) is 12.1. The number of hydrogen-bond acceptors (Lipinski definition) is 6. The molecule has 2 aromatic heterocycles. The third-order valence-corrected chi connectivity index (χ3v) is 8.82. The summed E-state index contributed by atoms with van der Waals surface area (Å²) in [7, 11) is 0. The van der Waals surface area contributed by atoms with E-state index in [1.165, 1.54) is 35.0 Å². The molecular formula is C36H54N6. The van der Waals surface area contributed by atoms with Crippen molar-refractivity contribution in [3.05, 3.63) is 47.8 Å². The summed E-state index contributed by atoms with van der Waals surface area (Å²) in [4.78, 5) is 15.1. The molecule has 0 saturated heterocycles. The van der Waals surface area contributed by atoms with Crippen LogP contribution in [-0.2, 0) is 0 Å². The minimum absolute atomic E-state index is 0.393. The van der Waals surface area contributed by atoms with Crippen molar-refractivity contribution < 1.29 is 0 Å². The molecule has 4 rings (SSSR count). The van der Waals surface area contributed by atoms with E-state index in [4.69, 9.17) is 9.97 Å². The fourth-order valence-electron chi connectivity index (χ4n) is 6.28. The highest BCUT2D eigenvalue weighted by Gasteiger charge is 2.15. The molecule has 0 aliphatic heterocycles. The molecule has 2 heterocycles. The maximum absolute atomic E-state index is 5.05. The zero-order valence-electron chi connectivity index (χ0n) is 27.5. The van der Waals surface area contributed by atoms with Crippen molar-refractivity contribution in [1.82, 2.24) is 19.8 Å². The summed E-state index contributed by atoms with van der Waals surface area (Å²) in [6.07, 6.45) is 4.68. The van der Waals surface area contributed by atoms with E-state index in [-0.39, 0.29) is 0 Å². The molecule has 2 atom stereocenters. The summed E-state index contributed by atoms with van der Waals surface area (Å²) >= 11 is 0. The molecule has 42 heavy (non-hydrogen) atoms. The van der Waals surface area contributed by atoms with Gasteiger partial charge in [-0.05, 0) is 105 Å². The average molecular weight is 571 g/mol. The van der Waals surface area contributed by atoms with Crippen LogP contribution >= 0.6 is 0 Å². The Balaban J connectivity index is 1.60. The Hall–Kier alpha value is -2.96. The third kappa shape index (κ3) is 7.70. The van der Waals surface area contributed by atoms with E-state index in [9.17, 15) is 0 Å². The maximum atomic E-state index is 5.05. The quantitative estimate of drug-likeness (QED) is 0.132. The first-order chi connectivity index (χ1) is 20.3. The van der Waals surface area contributed by atoms with Gasteiger partial charge in [0.1, 0.15) is 0 Å². The molecule has 0 radical (unpaired) electrons. The van der Waals surface area contributed by atoms with Gasteiger partial charge in [0.2, 0.25) is 0 Å². The van der Waals surface area contributed by atoms with Crippen LogP contribution in [0.15, 0.2) is 36.4 Å². The van der Waals surface area contributed by atoms with Crippen LogP contribution in [0.5, 0.6) is 0 Å². The Morgan fingerprint density at radius 2 is 0.952 bits per heavy atom. The van der Waals surface area contributed by atoms with Crippen LogP contribution in [0.3, 0.4) is 0 Å². The van der Waals surface area contributed by atoms with E-state index >= 15 is 0 Å². The van der Waals surface area contributed by atoms with Crippen LogP contribution in [0.4, 0.5) is 11.4 Å². The molecule has 0 aliphatic rings. The molecule has 2 aromatic carbocycles. The molecule has 4 aromatic rings. The molecule has 0 bridgehead atoms. The fraction of sp³-hybridized carbons (Fsp3) is 0.556. The molecule has 0 aliphatic carbocycles. The summed E-state index contributed by atoms with van der Waals surface area (Å²) < 4.78 is 0. The van der Waals surface area contributed by atoms with Crippen LogP contribution in [0.25, 0.3) is 32.6 Å². The highest BCUT2D eigenvalue weighted by Crippen LogP contribution is 2.36. The number of nitrogens with one attached hydrogen (secondary N) is 2. The van der Waals surface area contributed by atoms with Gasteiger partial charge in [0.15, 0.2) is 0 Å². The predicted octanol–water partition coefficient (Wildman–Crippen LogP) is 8.40. The van der Waals surface area contributed by atoms with Gasteiger partial charge in [-0.1, -0.05) is 52.0 Å². The van der Waals surface area contributed by atoms with Gasteiger partial charge in [0.05, 0.1) is 11.0 Å². The molecule has 0 fully saturated rings. The lowest BCUT2D eigenvalue weighted by Gasteiger charge is -2.22. The fourth-order valence-corrected chi connectivity index (χ4v) is 6.28. The van der Waals surface area contributed by atoms with Crippen LogP contribution in [0.1, 0.15) is 78.6 Å². The molecule has 0 amide bonds. The standard InChI is InChI=1S/C36H54N6/c1-9-41(10-2)21-13-15-25(5)37-33-23-27(7)39-35-29-18-20-32-34(38-26(6)16-14-22-42(11-3)12-4)24-28(8)40-36(32)30(29)17-19-31(33)35/h17-20,23-26H,9-16,21-22H2,1-8H3,(H,37,39)(H,38,40)/t25-,26-/m0/s1. The highest BCUT2D eigenvalue weighted by atomic mass is 15.1. The zero-order valence-corrected chi connectivity index (χ0v) is 27.5. The highest BCUT2D eigenvalue weighted by molar-refractivity contribution is 6.18. The lowest BCUT2D eigenvalue weighted by molar-refractivity contribution is 0.295. The monoisotopic (exact) mass is 570 g/mol. The largest absolute Gasteiger partial charge is 0.382 e. The van der Waals surface area contributed by atoms with E-state index in [2.05, 4.69) is 112 Å². The molecule has 0 spiro atoms. The second kappa shape index (κ2) is 15.0. The number of pyridine rings is 2. The molecule has 0 unspecified atom stereocenters. The van der Waals surface area contributed by atoms with Crippen molar-refractivity contribution in [2.75, 3.05) is 49.9 Å². The number of nitrogens with zero attached hydrogens (tertiary/aromatic N) is 4. The molecule has 0 saturated carbocycles. The average Bonchev–Trinajstić information content (AvgIpc) is 2.97. The van der Waals surface area contributed by atoms with Gasteiger partial charge in [0, 0.05) is 56.4 Å². The molecule has 6 heteroatoms. The first-order valence-corrected chi connectivity index (χ1v) is 16.4. The van der Waals surface area contributed by atoms with Gasteiger partial charge in [-0.2, -0.15) is 0 Å². The van der Waals surface area contributed by atoms with Crippen molar-refractivity contribution in [3.63, 3.8) is 0 Å². The van der Waals surface area contributed by atoms with Crippen LogP contribution in [-0.4, -0.2) is 71.1 Å². The van der Waals surface area contributed by atoms with Gasteiger partial charge >= 0.3 is 0 Å². The minimum Gasteiger partial charge on any atom is -0.382 e. The van der Waals surface area contributed by atoms with Crippen LogP contribution in [0, 0.1) is 13.8 Å². The van der Waals surface area contributed by atoms with Crippen molar-refractivity contribution >= 4 is 44.0 Å². The Morgan fingerprint density at radius 1 is 0.595 bits per heavy atom. The van der Waals surface area contributed by atoms with Gasteiger partial charge in [-0.15, -0.1) is 0 Å². The second-order valence-corrected chi connectivity index (χ2v) is 12.1. The van der Waals surface area contributed by atoms with E-state index in [0.29, 0.717) is 12.1 Å². The number of hydrogen-bond donors (Lipinski definition) is 2. The Morgan fingerprint density at radius 3 is 1.31 bits per heavy atom. The van der Waals surface area contributed by atoms with Gasteiger partial charge < -0.3 is 20.4 Å². The zero-order chi connectivity index (χ0) is 30.2. The van der Waals surface area contributed by atoms with Crippen LogP contribution in [0.2, 0.25) is 0 Å². The number of aromatic nitrogens is 2. The number of aryl methyl sites for hydroxylation is 2. The topological polar surface area (TPSA) is 56.3 Å². The number of fused-ring (bicyclic) bond motifs is 5. The lowest BCUT2D eigenvalue weighted by Crippen LogP contribution is -2.25. The number of anilines is 2. The SMILES string of the molecule is CCN(CC)CCC[C@H](C)Nc1cc(C)nc2c1ccc1c2ccc2c(N[C@@H](C)CCCN(CC)CC)cc(C)nc21. The molecule has 2 N–H and O–H groups in total. The summed E-state index contributed by atoms with van der Waals surface area (Å²) in [6.45, 7) is 24.6. The van der Waals surface area contributed by atoms with E-state index in [0.717, 1.165) is 85.3 Å². The van der Waals surface area contributed by atoms with E-state index in [1.807, 2.05) is 0 Å². The summed E-state index contributed by atoms with van der Waals surface area (Å²) in [5, 5.41) is 12.3. The minimum atomic E-state index is 0.393. The maximum Gasteiger partial charge on any atom is 0.0805 e. The van der Waals surface area contributed by atoms with Gasteiger partial charge in [0.25, 0.3) is 0 Å². The Kier molecular flexibility index (Phi) is 11.4. The molecule has 6 nitrogen and oxygen atoms in total. The van der Waals surface area contributed by atoms with Gasteiger partial charge in [-0.25, -0.2) is 0 Å². The van der Waals surface area contributed by atoms with E-state index in [1.54, 1.807) is 0 Å². The summed E-state index contributed by atoms with van der Waals surface area (Å²) in [5.74, 6) is 0. The predicted molar refractivity (Wildman–Crippen MR) is 184 cm³/mol. The third-order valence-electron chi connectivity index (χ3n) is 8.82. The van der Waals surface area contributed by atoms with Crippen molar-refractivity contribution in [1.29, 1.82) is 0 Å². The Labute approximate surface area is 254 Å².